The maximum Gasteiger partial charge on any atom is 0.236 e. The van der Waals surface area contributed by atoms with Gasteiger partial charge in [0.15, 0.2) is 0 Å². The Morgan fingerprint density at radius 1 is 1.33 bits per heavy atom. The second kappa shape index (κ2) is 7.97. The fourth-order valence-corrected chi connectivity index (χ4v) is 3.18. The van der Waals surface area contributed by atoms with E-state index in [-0.39, 0.29) is 5.91 Å². The largest absolute Gasteiger partial charge is 0.341 e. The molecule has 1 atom stereocenters. The number of pyridine rings is 1. The summed E-state index contributed by atoms with van der Waals surface area (Å²) in [5.41, 5.74) is 2.15. The Hall–Kier alpha value is -2.34. The van der Waals surface area contributed by atoms with Crippen molar-refractivity contribution in [2.45, 2.75) is 25.3 Å². The smallest absolute Gasteiger partial charge is 0.236 e. The molecule has 24 heavy (non-hydrogen) atoms. The molecule has 0 aromatic carbocycles. The van der Waals surface area contributed by atoms with E-state index in [1.165, 1.54) is 0 Å². The van der Waals surface area contributed by atoms with Gasteiger partial charge in [0.25, 0.3) is 0 Å². The minimum Gasteiger partial charge on any atom is -0.341 e. The number of hydrogen-bond donors (Lipinski definition) is 0. The topological polar surface area (TPSA) is 62.2 Å². The molecule has 0 spiro atoms. The van der Waals surface area contributed by atoms with E-state index in [0.717, 1.165) is 43.7 Å². The first kappa shape index (κ1) is 16.5. The molecule has 0 aliphatic carbocycles. The van der Waals surface area contributed by atoms with Gasteiger partial charge in [-0.2, -0.15) is 0 Å². The van der Waals surface area contributed by atoms with Crippen LogP contribution in [0, 0.1) is 0 Å². The SMILES string of the molecule is CN(CC(=O)N1CCC[C@@H](c2ccncn2)C1)Cc1cccnc1. The zero-order valence-electron chi connectivity index (χ0n) is 14.0. The van der Waals surface area contributed by atoms with Crippen molar-refractivity contribution in [1.82, 2.24) is 24.8 Å². The van der Waals surface area contributed by atoms with E-state index in [2.05, 4.69) is 15.0 Å². The molecular formula is C18H23N5O. The molecule has 0 unspecified atom stereocenters. The molecule has 2 aromatic heterocycles. The lowest BCUT2D eigenvalue weighted by atomic mass is 9.94. The summed E-state index contributed by atoms with van der Waals surface area (Å²) in [5, 5.41) is 0. The Bertz CT molecular complexity index is 649. The van der Waals surface area contributed by atoms with Crippen molar-refractivity contribution in [3.63, 3.8) is 0 Å². The molecule has 2 aromatic rings. The molecule has 1 amide bonds. The van der Waals surface area contributed by atoms with Gasteiger partial charge in [0.2, 0.25) is 5.91 Å². The van der Waals surface area contributed by atoms with Crippen LogP contribution in [-0.2, 0) is 11.3 Å². The molecule has 3 rings (SSSR count). The number of hydrogen-bond acceptors (Lipinski definition) is 5. The van der Waals surface area contributed by atoms with Crippen LogP contribution in [0.5, 0.6) is 0 Å². The molecule has 6 nitrogen and oxygen atoms in total. The first-order valence-electron chi connectivity index (χ1n) is 8.33. The molecule has 0 radical (unpaired) electrons. The van der Waals surface area contributed by atoms with Gasteiger partial charge >= 0.3 is 0 Å². The fraction of sp³-hybridized carbons (Fsp3) is 0.444. The number of likely N-dealkylation sites (tertiary alicyclic amines) is 1. The summed E-state index contributed by atoms with van der Waals surface area (Å²) in [6, 6.07) is 5.90. The van der Waals surface area contributed by atoms with Gasteiger partial charge in [-0.15, -0.1) is 0 Å². The number of nitrogens with zero attached hydrogens (tertiary/aromatic N) is 5. The molecule has 1 fully saturated rings. The van der Waals surface area contributed by atoms with Crippen LogP contribution >= 0.6 is 0 Å². The van der Waals surface area contributed by atoms with Gasteiger partial charge in [-0.3, -0.25) is 14.7 Å². The van der Waals surface area contributed by atoms with Crippen molar-refractivity contribution >= 4 is 5.91 Å². The van der Waals surface area contributed by atoms with E-state index in [9.17, 15) is 4.79 Å². The van der Waals surface area contributed by atoms with Crippen LogP contribution in [0.25, 0.3) is 0 Å². The highest BCUT2D eigenvalue weighted by atomic mass is 16.2. The average molecular weight is 325 g/mol. The van der Waals surface area contributed by atoms with Crippen LogP contribution in [0.2, 0.25) is 0 Å². The molecular weight excluding hydrogens is 302 g/mol. The van der Waals surface area contributed by atoms with Gasteiger partial charge in [-0.25, -0.2) is 9.97 Å². The predicted molar refractivity (Wildman–Crippen MR) is 91.2 cm³/mol. The number of amides is 1. The molecule has 0 saturated carbocycles. The maximum absolute atomic E-state index is 12.6. The molecule has 1 aliphatic heterocycles. The minimum absolute atomic E-state index is 0.181. The van der Waals surface area contributed by atoms with E-state index in [0.29, 0.717) is 12.5 Å². The number of carbonyl (C=O) groups is 1. The quantitative estimate of drug-likeness (QED) is 0.837. The number of likely N-dealkylation sites (N-methyl/N-ethyl adjacent to an activating group) is 1. The monoisotopic (exact) mass is 325 g/mol. The van der Waals surface area contributed by atoms with Gasteiger partial charge in [0, 0.05) is 49.8 Å². The van der Waals surface area contributed by atoms with Crippen LogP contribution in [-0.4, -0.2) is 57.3 Å². The highest BCUT2D eigenvalue weighted by Gasteiger charge is 2.25. The van der Waals surface area contributed by atoms with Crippen LogP contribution < -0.4 is 0 Å². The van der Waals surface area contributed by atoms with Gasteiger partial charge in [0.1, 0.15) is 6.33 Å². The molecule has 6 heteroatoms. The summed E-state index contributed by atoms with van der Waals surface area (Å²) in [4.78, 5) is 29.0. The van der Waals surface area contributed by atoms with E-state index < -0.39 is 0 Å². The lowest BCUT2D eigenvalue weighted by molar-refractivity contribution is -0.133. The number of carbonyl (C=O) groups excluding carboxylic acids is 1. The van der Waals surface area contributed by atoms with Crippen LogP contribution in [0.1, 0.15) is 30.0 Å². The predicted octanol–water partition coefficient (Wildman–Crippen LogP) is 1.71. The summed E-state index contributed by atoms with van der Waals surface area (Å²) in [6.45, 7) is 2.73. The van der Waals surface area contributed by atoms with Gasteiger partial charge in [-0.1, -0.05) is 6.07 Å². The van der Waals surface area contributed by atoms with Crippen LogP contribution in [0.3, 0.4) is 0 Å². The number of piperidine rings is 1. The number of rotatable bonds is 5. The lowest BCUT2D eigenvalue weighted by Crippen LogP contribution is -2.43. The van der Waals surface area contributed by atoms with Crippen molar-refractivity contribution in [3.8, 4) is 0 Å². The second-order valence-corrected chi connectivity index (χ2v) is 6.35. The normalized spacial score (nSPS) is 17.9. The summed E-state index contributed by atoms with van der Waals surface area (Å²) in [6.07, 6.45) is 9.05. The first-order chi connectivity index (χ1) is 11.7. The second-order valence-electron chi connectivity index (χ2n) is 6.35. The Morgan fingerprint density at radius 3 is 3.00 bits per heavy atom. The summed E-state index contributed by atoms with van der Waals surface area (Å²) in [5.74, 6) is 0.495. The van der Waals surface area contributed by atoms with Gasteiger partial charge < -0.3 is 4.90 Å². The Labute approximate surface area is 142 Å². The van der Waals surface area contributed by atoms with Crippen molar-refractivity contribution in [1.29, 1.82) is 0 Å². The lowest BCUT2D eigenvalue weighted by Gasteiger charge is -2.33. The molecule has 126 valence electrons. The molecule has 0 bridgehead atoms. The third-order valence-corrected chi connectivity index (χ3v) is 4.38. The zero-order valence-corrected chi connectivity index (χ0v) is 14.0. The average Bonchev–Trinajstić information content (AvgIpc) is 2.63. The van der Waals surface area contributed by atoms with Crippen molar-refractivity contribution in [2.24, 2.45) is 0 Å². The molecule has 0 N–H and O–H groups in total. The summed E-state index contributed by atoms with van der Waals surface area (Å²) in [7, 11) is 1.97. The molecule has 3 heterocycles. The van der Waals surface area contributed by atoms with Crippen LogP contribution in [0.4, 0.5) is 0 Å². The molecule has 1 saturated heterocycles. The summed E-state index contributed by atoms with van der Waals surface area (Å²) >= 11 is 0. The third kappa shape index (κ3) is 4.35. The van der Waals surface area contributed by atoms with Crippen molar-refractivity contribution in [3.05, 3.63) is 54.4 Å². The van der Waals surface area contributed by atoms with Crippen molar-refractivity contribution < 1.29 is 4.79 Å². The molecule has 1 aliphatic rings. The Kier molecular flexibility index (Phi) is 5.48. The highest BCUT2D eigenvalue weighted by Crippen LogP contribution is 2.25. The number of aromatic nitrogens is 3. The minimum atomic E-state index is 0.181. The van der Waals surface area contributed by atoms with Crippen molar-refractivity contribution in [2.75, 3.05) is 26.7 Å². The van der Waals surface area contributed by atoms with E-state index >= 15 is 0 Å². The van der Waals surface area contributed by atoms with Crippen LogP contribution in [0.15, 0.2) is 43.1 Å². The standard InChI is InChI=1S/C18H23N5O/c1-22(11-15-4-2-7-19-10-15)13-18(24)23-9-3-5-16(12-23)17-6-8-20-14-21-17/h2,4,6-8,10,14,16H,3,5,9,11-13H2,1H3/t16-/m1/s1. The summed E-state index contributed by atoms with van der Waals surface area (Å²) < 4.78 is 0. The highest BCUT2D eigenvalue weighted by molar-refractivity contribution is 5.78. The van der Waals surface area contributed by atoms with E-state index in [4.69, 9.17) is 0 Å². The fourth-order valence-electron chi connectivity index (χ4n) is 3.18. The maximum atomic E-state index is 12.6. The first-order valence-corrected chi connectivity index (χ1v) is 8.33. The van der Waals surface area contributed by atoms with E-state index in [1.54, 1.807) is 18.7 Å². The van der Waals surface area contributed by atoms with Gasteiger partial charge in [0.05, 0.1) is 6.54 Å². The zero-order chi connectivity index (χ0) is 16.8. The van der Waals surface area contributed by atoms with Gasteiger partial charge in [-0.05, 0) is 37.6 Å². The third-order valence-electron chi connectivity index (χ3n) is 4.38. The van der Waals surface area contributed by atoms with E-state index in [1.807, 2.05) is 41.2 Å². The Balaban J connectivity index is 1.54. The Morgan fingerprint density at radius 2 is 2.25 bits per heavy atom.